The summed E-state index contributed by atoms with van der Waals surface area (Å²) in [6.07, 6.45) is 0. The highest BCUT2D eigenvalue weighted by molar-refractivity contribution is 5.93. The van der Waals surface area contributed by atoms with E-state index in [-0.39, 0.29) is 30.4 Å². The third-order valence-electron chi connectivity index (χ3n) is 2.23. The normalized spacial score (nSPS) is 9.79. The number of hydrogen-bond donors (Lipinski definition) is 2. The fourth-order valence-electron chi connectivity index (χ4n) is 1.43. The maximum absolute atomic E-state index is 11.7. The predicted molar refractivity (Wildman–Crippen MR) is 71.0 cm³/mol. The molecule has 0 saturated heterocycles. The summed E-state index contributed by atoms with van der Waals surface area (Å²) in [5.41, 5.74) is 6.33. The summed E-state index contributed by atoms with van der Waals surface area (Å²) < 4.78 is 10.2. The maximum Gasteiger partial charge on any atom is 0.341 e. The molecule has 1 amide bonds. The molecule has 1 aromatic rings. The Hall–Kier alpha value is -2.24. The van der Waals surface area contributed by atoms with Gasteiger partial charge in [0.2, 0.25) is 0 Å². The quantitative estimate of drug-likeness (QED) is 0.591. The van der Waals surface area contributed by atoms with E-state index in [9.17, 15) is 9.59 Å². The summed E-state index contributed by atoms with van der Waals surface area (Å²) in [5, 5.41) is 2.59. The van der Waals surface area contributed by atoms with Crippen LogP contribution in [0, 0.1) is 0 Å². The van der Waals surface area contributed by atoms with Gasteiger partial charge in [0.15, 0.2) is 6.61 Å². The van der Waals surface area contributed by atoms with Crippen LogP contribution in [-0.2, 0) is 9.53 Å². The number of ether oxygens (including phenoxy) is 2. The summed E-state index contributed by atoms with van der Waals surface area (Å²) >= 11 is 0. The molecule has 104 valence electrons. The van der Waals surface area contributed by atoms with Gasteiger partial charge >= 0.3 is 5.97 Å². The molecule has 6 nitrogen and oxygen atoms in total. The van der Waals surface area contributed by atoms with E-state index in [0.29, 0.717) is 12.2 Å². The summed E-state index contributed by atoms with van der Waals surface area (Å²) in [4.78, 5) is 23.0. The molecule has 0 atom stereocenters. The van der Waals surface area contributed by atoms with E-state index >= 15 is 0 Å². The highest BCUT2D eigenvalue weighted by Gasteiger charge is 2.15. The maximum atomic E-state index is 11.7. The summed E-state index contributed by atoms with van der Waals surface area (Å²) in [5.74, 6) is -0.530. The highest BCUT2D eigenvalue weighted by Crippen LogP contribution is 2.22. The van der Waals surface area contributed by atoms with Crippen LogP contribution >= 0.6 is 0 Å². The standard InChI is InChI=1S/C13H18N2O4/c1-3-15-12(16)8-19-11-7-9(14)5-6-10(11)13(17)18-4-2/h5-7H,3-4,8,14H2,1-2H3,(H,15,16). The van der Waals surface area contributed by atoms with Crippen LogP contribution in [0.4, 0.5) is 5.69 Å². The third kappa shape index (κ3) is 4.50. The average molecular weight is 266 g/mol. The summed E-state index contributed by atoms with van der Waals surface area (Å²) in [7, 11) is 0. The number of nitrogen functional groups attached to an aromatic ring is 1. The van der Waals surface area contributed by atoms with Gasteiger partial charge in [0.1, 0.15) is 11.3 Å². The first-order valence-electron chi connectivity index (χ1n) is 6.04. The fraction of sp³-hybridized carbons (Fsp3) is 0.385. The largest absolute Gasteiger partial charge is 0.483 e. The van der Waals surface area contributed by atoms with Crippen LogP contribution in [0.5, 0.6) is 5.75 Å². The minimum Gasteiger partial charge on any atom is -0.483 e. The zero-order valence-corrected chi connectivity index (χ0v) is 11.1. The van der Waals surface area contributed by atoms with E-state index in [2.05, 4.69) is 5.32 Å². The van der Waals surface area contributed by atoms with Crippen molar-refractivity contribution in [2.75, 3.05) is 25.5 Å². The van der Waals surface area contributed by atoms with Crippen LogP contribution in [0.15, 0.2) is 18.2 Å². The van der Waals surface area contributed by atoms with Gasteiger partial charge in [0.05, 0.1) is 6.61 Å². The highest BCUT2D eigenvalue weighted by atomic mass is 16.5. The molecule has 3 N–H and O–H groups in total. The van der Waals surface area contributed by atoms with Crippen molar-refractivity contribution in [2.45, 2.75) is 13.8 Å². The molecule has 6 heteroatoms. The van der Waals surface area contributed by atoms with Crippen molar-refractivity contribution < 1.29 is 19.1 Å². The molecule has 0 radical (unpaired) electrons. The van der Waals surface area contributed by atoms with E-state index in [1.807, 2.05) is 6.92 Å². The molecule has 0 fully saturated rings. The SMILES string of the molecule is CCNC(=O)COc1cc(N)ccc1C(=O)OCC. The number of amides is 1. The predicted octanol–water partition coefficient (Wildman–Crippen LogP) is 0.960. The topological polar surface area (TPSA) is 90.6 Å². The van der Waals surface area contributed by atoms with E-state index < -0.39 is 5.97 Å². The molecule has 0 spiro atoms. The van der Waals surface area contributed by atoms with Crippen molar-refractivity contribution in [1.29, 1.82) is 0 Å². The molecule has 0 unspecified atom stereocenters. The average Bonchev–Trinajstić information content (AvgIpc) is 2.37. The van der Waals surface area contributed by atoms with Crippen molar-refractivity contribution in [3.63, 3.8) is 0 Å². The molecule has 0 aromatic heterocycles. The molecule has 0 aliphatic rings. The van der Waals surface area contributed by atoms with Gasteiger partial charge in [-0.05, 0) is 26.0 Å². The Labute approximate surface area is 111 Å². The Morgan fingerprint density at radius 2 is 2.05 bits per heavy atom. The number of hydrogen-bond acceptors (Lipinski definition) is 5. The smallest absolute Gasteiger partial charge is 0.341 e. The molecule has 0 aliphatic heterocycles. The van der Waals surface area contributed by atoms with Crippen LogP contribution in [0.1, 0.15) is 24.2 Å². The number of carbonyl (C=O) groups excluding carboxylic acids is 2. The lowest BCUT2D eigenvalue weighted by atomic mass is 10.2. The number of rotatable bonds is 6. The van der Waals surface area contributed by atoms with Crippen LogP contribution in [0.2, 0.25) is 0 Å². The Bertz CT molecular complexity index is 460. The number of esters is 1. The second kappa shape index (κ2) is 7.25. The first-order chi connectivity index (χ1) is 9.08. The van der Waals surface area contributed by atoms with E-state index in [0.717, 1.165) is 0 Å². The van der Waals surface area contributed by atoms with Gasteiger partial charge in [0.25, 0.3) is 5.91 Å². The number of nitrogens with two attached hydrogens (primary N) is 1. The van der Waals surface area contributed by atoms with Crippen LogP contribution in [0.25, 0.3) is 0 Å². The van der Waals surface area contributed by atoms with E-state index in [4.69, 9.17) is 15.2 Å². The molecule has 0 saturated carbocycles. The first kappa shape index (κ1) is 14.8. The Kier molecular flexibility index (Phi) is 5.66. The summed E-state index contributed by atoms with van der Waals surface area (Å²) in [6, 6.07) is 4.58. The van der Waals surface area contributed by atoms with Crippen LogP contribution < -0.4 is 15.8 Å². The zero-order valence-electron chi connectivity index (χ0n) is 11.1. The zero-order chi connectivity index (χ0) is 14.3. The molecule has 1 rings (SSSR count). The van der Waals surface area contributed by atoms with Gasteiger partial charge < -0.3 is 20.5 Å². The van der Waals surface area contributed by atoms with Crippen molar-refractivity contribution in [2.24, 2.45) is 0 Å². The lowest BCUT2D eigenvalue weighted by molar-refractivity contribution is -0.123. The Morgan fingerprint density at radius 1 is 1.32 bits per heavy atom. The van der Waals surface area contributed by atoms with Gasteiger partial charge in [-0.2, -0.15) is 0 Å². The monoisotopic (exact) mass is 266 g/mol. The minimum atomic E-state index is -0.506. The van der Waals surface area contributed by atoms with Crippen molar-refractivity contribution >= 4 is 17.6 Å². The lowest BCUT2D eigenvalue weighted by Crippen LogP contribution is -2.28. The number of carbonyl (C=O) groups is 2. The Balaban J connectivity index is 2.82. The van der Waals surface area contributed by atoms with Crippen LogP contribution in [-0.4, -0.2) is 31.6 Å². The minimum absolute atomic E-state index is 0.177. The van der Waals surface area contributed by atoms with Gasteiger partial charge in [-0.15, -0.1) is 0 Å². The third-order valence-corrected chi connectivity index (χ3v) is 2.23. The molecule has 0 heterocycles. The second-order valence-electron chi connectivity index (χ2n) is 3.72. The van der Waals surface area contributed by atoms with E-state index in [1.54, 1.807) is 13.0 Å². The molecule has 0 bridgehead atoms. The number of benzene rings is 1. The second-order valence-corrected chi connectivity index (χ2v) is 3.72. The fourth-order valence-corrected chi connectivity index (χ4v) is 1.43. The molecular weight excluding hydrogens is 248 g/mol. The molecule has 19 heavy (non-hydrogen) atoms. The number of nitrogens with one attached hydrogen (secondary N) is 1. The Morgan fingerprint density at radius 3 is 2.68 bits per heavy atom. The van der Waals surface area contributed by atoms with E-state index in [1.165, 1.54) is 12.1 Å². The first-order valence-corrected chi connectivity index (χ1v) is 6.04. The summed E-state index contributed by atoms with van der Waals surface area (Å²) in [6.45, 7) is 4.12. The van der Waals surface area contributed by atoms with Gasteiger partial charge in [-0.1, -0.05) is 0 Å². The number of likely N-dealkylation sites (N-methyl/N-ethyl adjacent to an activating group) is 1. The van der Waals surface area contributed by atoms with Crippen LogP contribution in [0.3, 0.4) is 0 Å². The lowest BCUT2D eigenvalue weighted by Gasteiger charge is -2.11. The molecule has 1 aromatic carbocycles. The van der Waals surface area contributed by atoms with Gasteiger partial charge in [-0.25, -0.2) is 4.79 Å². The van der Waals surface area contributed by atoms with Crippen molar-refractivity contribution in [3.8, 4) is 5.75 Å². The molecule has 0 aliphatic carbocycles. The number of anilines is 1. The van der Waals surface area contributed by atoms with Crippen molar-refractivity contribution in [1.82, 2.24) is 5.32 Å². The molecular formula is C13H18N2O4. The van der Waals surface area contributed by atoms with Gasteiger partial charge in [0, 0.05) is 18.3 Å². The van der Waals surface area contributed by atoms with Crippen molar-refractivity contribution in [3.05, 3.63) is 23.8 Å². The van der Waals surface area contributed by atoms with Gasteiger partial charge in [-0.3, -0.25) is 4.79 Å².